The Bertz CT molecular complexity index is 674. The van der Waals surface area contributed by atoms with Crippen LogP contribution >= 0.6 is 0 Å². The SMILES string of the molecule is O=C1CCC(NCc2ccc(-n3cccn3)cc2)C2(CCC2)N1. The first kappa shape index (κ1) is 14.5. The zero-order valence-electron chi connectivity index (χ0n) is 13.2. The van der Waals surface area contributed by atoms with Crippen LogP contribution < -0.4 is 10.6 Å². The third-order valence-corrected chi connectivity index (χ3v) is 5.22. The fraction of sp³-hybridized carbons (Fsp3) is 0.444. The summed E-state index contributed by atoms with van der Waals surface area (Å²) in [6, 6.07) is 10.8. The van der Waals surface area contributed by atoms with Crippen molar-refractivity contribution in [2.75, 3.05) is 0 Å². The van der Waals surface area contributed by atoms with Gasteiger partial charge in [0.1, 0.15) is 0 Å². The molecule has 5 heteroatoms. The zero-order chi connectivity index (χ0) is 15.7. The van der Waals surface area contributed by atoms with Gasteiger partial charge < -0.3 is 10.6 Å². The number of amides is 1. The topological polar surface area (TPSA) is 59.0 Å². The standard InChI is InChI=1S/C18H22N4O/c23-17-8-7-16(18(21-17)9-1-10-18)19-13-14-3-5-15(6-4-14)22-12-2-11-20-22/h2-6,11-12,16,19H,1,7-10,13H2,(H,21,23). The summed E-state index contributed by atoms with van der Waals surface area (Å²) < 4.78 is 1.86. The average Bonchev–Trinajstić information content (AvgIpc) is 3.07. The number of carbonyl (C=O) groups excluding carboxylic acids is 1. The van der Waals surface area contributed by atoms with Crippen LogP contribution in [0.2, 0.25) is 0 Å². The third kappa shape index (κ3) is 2.77. The number of aromatic nitrogens is 2. The van der Waals surface area contributed by atoms with Crippen LogP contribution in [0.3, 0.4) is 0 Å². The van der Waals surface area contributed by atoms with Crippen molar-refractivity contribution < 1.29 is 4.79 Å². The number of nitrogens with one attached hydrogen (secondary N) is 2. The van der Waals surface area contributed by atoms with Gasteiger partial charge in [0.15, 0.2) is 0 Å². The number of piperidine rings is 1. The summed E-state index contributed by atoms with van der Waals surface area (Å²) >= 11 is 0. The molecule has 1 aliphatic carbocycles. The van der Waals surface area contributed by atoms with Crippen LogP contribution in [0.4, 0.5) is 0 Å². The predicted molar refractivity (Wildman–Crippen MR) is 88.2 cm³/mol. The van der Waals surface area contributed by atoms with Crippen molar-refractivity contribution in [1.82, 2.24) is 20.4 Å². The molecule has 1 saturated carbocycles. The van der Waals surface area contributed by atoms with Gasteiger partial charge in [-0.15, -0.1) is 0 Å². The molecule has 5 nitrogen and oxygen atoms in total. The first-order valence-corrected chi connectivity index (χ1v) is 8.39. The fourth-order valence-electron chi connectivity index (χ4n) is 3.74. The van der Waals surface area contributed by atoms with Crippen LogP contribution in [0.1, 0.15) is 37.7 Å². The lowest BCUT2D eigenvalue weighted by Gasteiger charge is -2.51. The Balaban J connectivity index is 1.40. The molecule has 1 saturated heterocycles. The van der Waals surface area contributed by atoms with Crippen LogP contribution in [0.5, 0.6) is 0 Å². The summed E-state index contributed by atoms with van der Waals surface area (Å²) in [5, 5.41) is 11.1. The van der Waals surface area contributed by atoms with Crippen molar-refractivity contribution in [1.29, 1.82) is 0 Å². The maximum Gasteiger partial charge on any atom is 0.220 e. The van der Waals surface area contributed by atoms with Gasteiger partial charge in [-0.05, 0) is 49.4 Å². The van der Waals surface area contributed by atoms with Gasteiger partial charge >= 0.3 is 0 Å². The van der Waals surface area contributed by atoms with Crippen LogP contribution in [0, 0.1) is 0 Å². The third-order valence-electron chi connectivity index (χ3n) is 5.22. The van der Waals surface area contributed by atoms with E-state index in [1.54, 1.807) is 6.20 Å². The summed E-state index contributed by atoms with van der Waals surface area (Å²) in [6.07, 6.45) is 8.73. The number of benzene rings is 1. The molecule has 1 spiro atoms. The maximum atomic E-state index is 11.7. The Kier molecular flexibility index (Phi) is 3.65. The molecule has 1 aromatic carbocycles. The van der Waals surface area contributed by atoms with Crippen LogP contribution in [0.15, 0.2) is 42.7 Å². The van der Waals surface area contributed by atoms with Crippen molar-refractivity contribution >= 4 is 5.91 Å². The predicted octanol–water partition coefficient (Wildman–Crippen LogP) is 2.16. The number of hydrogen-bond acceptors (Lipinski definition) is 3. The lowest BCUT2D eigenvalue weighted by atomic mass is 9.68. The summed E-state index contributed by atoms with van der Waals surface area (Å²) in [5.74, 6) is 0.214. The van der Waals surface area contributed by atoms with E-state index in [1.807, 2.05) is 16.9 Å². The van der Waals surface area contributed by atoms with Gasteiger partial charge in [-0.3, -0.25) is 4.79 Å². The van der Waals surface area contributed by atoms with E-state index in [2.05, 4.69) is 40.0 Å². The highest BCUT2D eigenvalue weighted by Gasteiger charge is 2.47. The van der Waals surface area contributed by atoms with E-state index in [0.29, 0.717) is 12.5 Å². The molecule has 2 aliphatic rings. The molecule has 4 rings (SSSR count). The molecule has 1 amide bonds. The highest BCUT2D eigenvalue weighted by molar-refractivity contribution is 5.78. The van der Waals surface area contributed by atoms with E-state index in [9.17, 15) is 4.79 Å². The minimum Gasteiger partial charge on any atom is -0.349 e. The van der Waals surface area contributed by atoms with E-state index >= 15 is 0 Å². The smallest absolute Gasteiger partial charge is 0.220 e. The first-order valence-electron chi connectivity index (χ1n) is 8.39. The second-order valence-electron chi connectivity index (χ2n) is 6.65. The van der Waals surface area contributed by atoms with E-state index in [-0.39, 0.29) is 11.4 Å². The summed E-state index contributed by atoms with van der Waals surface area (Å²) in [5.41, 5.74) is 2.34. The van der Waals surface area contributed by atoms with Gasteiger partial charge in [0.25, 0.3) is 0 Å². The number of carbonyl (C=O) groups is 1. The van der Waals surface area contributed by atoms with E-state index in [4.69, 9.17) is 0 Å². The number of hydrogen-bond donors (Lipinski definition) is 2. The van der Waals surface area contributed by atoms with Gasteiger partial charge in [0.2, 0.25) is 5.91 Å². The molecule has 1 atom stereocenters. The van der Waals surface area contributed by atoms with Crippen molar-refractivity contribution in [2.45, 2.75) is 50.2 Å². The minimum atomic E-state index is 0.0182. The van der Waals surface area contributed by atoms with E-state index in [1.165, 1.54) is 12.0 Å². The molecule has 1 aromatic heterocycles. The zero-order valence-corrected chi connectivity index (χ0v) is 13.2. The van der Waals surface area contributed by atoms with Crippen molar-refractivity contribution in [3.8, 4) is 5.69 Å². The highest BCUT2D eigenvalue weighted by atomic mass is 16.1. The van der Waals surface area contributed by atoms with Crippen molar-refractivity contribution in [3.05, 3.63) is 48.3 Å². The van der Waals surface area contributed by atoms with Crippen LogP contribution in [0.25, 0.3) is 5.69 Å². The van der Waals surface area contributed by atoms with Crippen molar-refractivity contribution in [2.24, 2.45) is 0 Å². The lowest BCUT2D eigenvalue weighted by Crippen LogP contribution is -2.67. The summed E-state index contributed by atoms with van der Waals surface area (Å²) in [4.78, 5) is 11.7. The number of nitrogens with zero attached hydrogens (tertiary/aromatic N) is 2. The molecule has 0 radical (unpaired) electrons. The Morgan fingerprint density at radius 3 is 2.78 bits per heavy atom. The molecular weight excluding hydrogens is 288 g/mol. The molecule has 0 bridgehead atoms. The molecule has 1 aliphatic heterocycles. The van der Waals surface area contributed by atoms with Gasteiger partial charge in [-0.2, -0.15) is 5.10 Å². The van der Waals surface area contributed by atoms with Gasteiger partial charge in [0.05, 0.1) is 11.2 Å². The molecular formula is C18H22N4O. The fourth-order valence-corrected chi connectivity index (χ4v) is 3.74. The monoisotopic (exact) mass is 310 g/mol. The van der Waals surface area contributed by atoms with Gasteiger partial charge in [-0.25, -0.2) is 4.68 Å². The number of rotatable bonds is 4. The normalized spacial score (nSPS) is 22.6. The Morgan fingerprint density at radius 2 is 2.13 bits per heavy atom. The van der Waals surface area contributed by atoms with Gasteiger partial charge in [-0.1, -0.05) is 12.1 Å². The maximum absolute atomic E-state index is 11.7. The Labute approximate surface area is 136 Å². The Morgan fingerprint density at radius 1 is 1.30 bits per heavy atom. The van der Waals surface area contributed by atoms with E-state index in [0.717, 1.165) is 31.5 Å². The van der Waals surface area contributed by atoms with Crippen LogP contribution in [-0.4, -0.2) is 27.3 Å². The summed E-state index contributed by atoms with van der Waals surface area (Å²) in [7, 11) is 0. The van der Waals surface area contributed by atoms with Crippen molar-refractivity contribution in [3.63, 3.8) is 0 Å². The molecule has 23 heavy (non-hydrogen) atoms. The quantitative estimate of drug-likeness (QED) is 0.910. The molecule has 2 heterocycles. The lowest BCUT2D eigenvalue weighted by molar-refractivity contribution is -0.128. The molecule has 1 unspecified atom stereocenters. The minimum absolute atomic E-state index is 0.0182. The Hall–Kier alpha value is -2.14. The highest BCUT2D eigenvalue weighted by Crippen LogP contribution is 2.38. The first-order chi connectivity index (χ1) is 11.3. The van der Waals surface area contributed by atoms with Gasteiger partial charge in [0, 0.05) is 31.4 Å². The molecule has 2 aromatic rings. The van der Waals surface area contributed by atoms with Crippen LogP contribution in [-0.2, 0) is 11.3 Å². The van der Waals surface area contributed by atoms with E-state index < -0.39 is 0 Å². The molecule has 120 valence electrons. The molecule has 2 N–H and O–H groups in total. The molecule has 2 fully saturated rings. The average molecular weight is 310 g/mol. The second kappa shape index (κ2) is 5.81. The largest absolute Gasteiger partial charge is 0.349 e. The second-order valence-corrected chi connectivity index (χ2v) is 6.65. The summed E-state index contributed by atoms with van der Waals surface area (Å²) in [6.45, 7) is 0.835.